The van der Waals surface area contributed by atoms with Gasteiger partial charge in [0.05, 0.1) is 17.6 Å². The largest absolute Gasteiger partial charge is 0.439 e. The van der Waals surface area contributed by atoms with E-state index < -0.39 is 10.0 Å². The summed E-state index contributed by atoms with van der Waals surface area (Å²) in [6.07, 6.45) is 1.74. The number of aryl methyl sites for hydroxylation is 1. The van der Waals surface area contributed by atoms with Crippen molar-refractivity contribution < 1.29 is 12.8 Å². The molecule has 1 aromatic heterocycles. The van der Waals surface area contributed by atoms with Gasteiger partial charge in [0.15, 0.2) is 5.76 Å². The number of rotatable bonds is 5. The summed E-state index contributed by atoms with van der Waals surface area (Å²) in [5, 5.41) is 0. The van der Waals surface area contributed by atoms with E-state index in [4.69, 9.17) is 4.42 Å². The Bertz CT molecular complexity index is 1090. The zero-order chi connectivity index (χ0) is 20.4. The molecule has 1 saturated heterocycles. The Morgan fingerprint density at radius 1 is 1.07 bits per heavy atom. The summed E-state index contributed by atoms with van der Waals surface area (Å²) in [7, 11) is -3.48. The molecule has 1 aliphatic rings. The summed E-state index contributed by atoms with van der Waals surface area (Å²) >= 11 is 3.42. The number of halogens is 1. The van der Waals surface area contributed by atoms with Crippen LogP contribution in [-0.4, -0.2) is 48.8 Å². The molecule has 0 N–H and O–H groups in total. The summed E-state index contributed by atoms with van der Waals surface area (Å²) in [5.41, 5.74) is 1.90. The molecule has 4 rings (SSSR count). The molecule has 0 aliphatic carbocycles. The second-order valence-electron chi connectivity index (χ2n) is 7.08. The number of aromatic nitrogens is 1. The molecule has 152 valence electrons. The molecule has 2 aromatic carbocycles. The standard InChI is InChI=1S/C21H22BrN3O3S/c1-16-13-18(7-8-19(16)22)29(26,27)25-11-9-24(10-12-25)15-21-23-14-20(28-21)17-5-3-2-4-6-17/h2-8,13-14H,9-12,15H2,1H3. The number of benzene rings is 2. The fourth-order valence-electron chi connectivity index (χ4n) is 3.37. The van der Waals surface area contributed by atoms with Crippen molar-refractivity contribution in [2.75, 3.05) is 26.2 Å². The van der Waals surface area contributed by atoms with E-state index >= 15 is 0 Å². The fourth-order valence-corrected chi connectivity index (χ4v) is 5.12. The van der Waals surface area contributed by atoms with Gasteiger partial charge in [0.1, 0.15) is 0 Å². The van der Waals surface area contributed by atoms with Crippen molar-refractivity contribution in [2.24, 2.45) is 0 Å². The van der Waals surface area contributed by atoms with Crippen molar-refractivity contribution in [1.29, 1.82) is 0 Å². The van der Waals surface area contributed by atoms with Crippen LogP contribution in [0.5, 0.6) is 0 Å². The Labute approximate surface area is 179 Å². The summed E-state index contributed by atoms with van der Waals surface area (Å²) in [6, 6.07) is 15.0. The van der Waals surface area contributed by atoms with Gasteiger partial charge in [-0.05, 0) is 30.7 Å². The smallest absolute Gasteiger partial charge is 0.243 e. The lowest BCUT2D eigenvalue weighted by atomic mass is 10.2. The van der Waals surface area contributed by atoms with E-state index in [1.807, 2.05) is 37.3 Å². The van der Waals surface area contributed by atoms with E-state index in [-0.39, 0.29) is 0 Å². The molecule has 0 amide bonds. The van der Waals surface area contributed by atoms with Gasteiger partial charge in [0.2, 0.25) is 15.9 Å². The predicted octanol–water partition coefficient (Wildman–Crippen LogP) is 3.92. The SMILES string of the molecule is Cc1cc(S(=O)(=O)N2CCN(Cc3ncc(-c4ccccc4)o3)CC2)ccc1Br. The highest BCUT2D eigenvalue weighted by Crippen LogP contribution is 2.24. The highest BCUT2D eigenvalue weighted by molar-refractivity contribution is 9.10. The first-order chi connectivity index (χ1) is 13.9. The molecule has 3 aromatic rings. The number of oxazole rings is 1. The Morgan fingerprint density at radius 2 is 1.79 bits per heavy atom. The highest BCUT2D eigenvalue weighted by atomic mass is 79.9. The van der Waals surface area contributed by atoms with Crippen molar-refractivity contribution in [3.63, 3.8) is 0 Å². The van der Waals surface area contributed by atoms with Crippen LogP contribution in [0.15, 0.2) is 68.5 Å². The van der Waals surface area contributed by atoms with Crippen molar-refractivity contribution in [3.8, 4) is 11.3 Å². The quantitative estimate of drug-likeness (QED) is 0.559. The van der Waals surface area contributed by atoms with Crippen molar-refractivity contribution >= 4 is 26.0 Å². The Hall–Kier alpha value is -2.00. The Morgan fingerprint density at radius 3 is 2.48 bits per heavy atom. The maximum absolute atomic E-state index is 12.9. The van der Waals surface area contributed by atoms with Gasteiger partial charge in [-0.25, -0.2) is 13.4 Å². The maximum Gasteiger partial charge on any atom is 0.243 e. The zero-order valence-corrected chi connectivity index (χ0v) is 18.5. The van der Waals surface area contributed by atoms with E-state index in [9.17, 15) is 8.42 Å². The number of piperazine rings is 1. The normalized spacial score (nSPS) is 16.2. The van der Waals surface area contributed by atoms with Crippen LogP contribution in [0, 0.1) is 6.92 Å². The molecule has 0 saturated carbocycles. The number of hydrogen-bond donors (Lipinski definition) is 0. The molecule has 0 radical (unpaired) electrons. The monoisotopic (exact) mass is 475 g/mol. The minimum atomic E-state index is -3.48. The highest BCUT2D eigenvalue weighted by Gasteiger charge is 2.29. The molecule has 8 heteroatoms. The van der Waals surface area contributed by atoms with Crippen molar-refractivity contribution in [1.82, 2.24) is 14.2 Å². The molecule has 0 unspecified atom stereocenters. The summed E-state index contributed by atoms with van der Waals surface area (Å²) in [4.78, 5) is 6.88. The average molecular weight is 476 g/mol. The van der Waals surface area contributed by atoms with Gasteiger partial charge >= 0.3 is 0 Å². The van der Waals surface area contributed by atoms with Gasteiger partial charge in [-0.1, -0.05) is 46.3 Å². The molecule has 1 fully saturated rings. The third kappa shape index (κ3) is 4.45. The molecule has 6 nitrogen and oxygen atoms in total. The second-order valence-corrected chi connectivity index (χ2v) is 9.87. The number of hydrogen-bond acceptors (Lipinski definition) is 5. The second kappa shape index (κ2) is 8.39. The summed E-state index contributed by atoms with van der Waals surface area (Å²) in [5.74, 6) is 1.39. The minimum absolute atomic E-state index is 0.340. The van der Waals surface area contributed by atoms with E-state index in [0.717, 1.165) is 21.4 Å². The third-order valence-electron chi connectivity index (χ3n) is 5.07. The van der Waals surface area contributed by atoms with Gasteiger partial charge in [-0.15, -0.1) is 0 Å². The van der Waals surface area contributed by atoms with Crippen molar-refractivity contribution in [3.05, 3.63) is 70.7 Å². The van der Waals surface area contributed by atoms with Gasteiger partial charge in [0, 0.05) is 36.2 Å². The Kier molecular flexibility index (Phi) is 5.87. The first-order valence-electron chi connectivity index (χ1n) is 9.42. The lowest BCUT2D eigenvalue weighted by molar-refractivity contribution is 0.168. The minimum Gasteiger partial charge on any atom is -0.439 e. The molecule has 0 spiro atoms. The summed E-state index contributed by atoms with van der Waals surface area (Å²) in [6.45, 7) is 4.63. The van der Waals surface area contributed by atoms with Crippen molar-refractivity contribution in [2.45, 2.75) is 18.4 Å². The lowest BCUT2D eigenvalue weighted by Crippen LogP contribution is -2.48. The zero-order valence-electron chi connectivity index (χ0n) is 16.1. The molecule has 2 heterocycles. The average Bonchev–Trinajstić information content (AvgIpc) is 3.19. The molecule has 0 bridgehead atoms. The summed E-state index contributed by atoms with van der Waals surface area (Å²) < 4.78 is 34.2. The number of sulfonamides is 1. The molecular formula is C21H22BrN3O3S. The van der Waals surface area contributed by atoms with Crippen LogP contribution in [-0.2, 0) is 16.6 Å². The number of nitrogens with zero attached hydrogens (tertiary/aromatic N) is 3. The topological polar surface area (TPSA) is 66.7 Å². The third-order valence-corrected chi connectivity index (χ3v) is 7.85. The van der Waals surface area contributed by atoms with Crippen LogP contribution in [0.1, 0.15) is 11.5 Å². The predicted molar refractivity (Wildman–Crippen MR) is 115 cm³/mol. The Balaban J connectivity index is 1.38. The van der Waals surface area contributed by atoms with E-state index in [1.165, 1.54) is 0 Å². The van der Waals surface area contributed by atoms with Crippen LogP contribution in [0.25, 0.3) is 11.3 Å². The van der Waals surface area contributed by atoms with Gasteiger partial charge < -0.3 is 4.42 Å². The first kappa shape index (κ1) is 20.3. The van der Waals surface area contributed by atoms with Crippen LogP contribution in [0.4, 0.5) is 0 Å². The van der Waals surface area contributed by atoms with Gasteiger partial charge in [0.25, 0.3) is 0 Å². The van der Waals surface area contributed by atoms with Crippen LogP contribution < -0.4 is 0 Å². The lowest BCUT2D eigenvalue weighted by Gasteiger charge is -2.33. The molecule has 1 aliphatic heterocycles. The maximum atomic E-state index is 12.9. The van der Waals surface area contributed by atoms with E-state index in [2.05, 4.69) is 25.8 Å². The molecular weight excluding hydrogens is 454 g/mol. The van der Waals surface area contributed by atoms with E-state index in [0.29, 0.717) is 43.5 Å². The fraction of sp³-hybridized carbons (Fsp3) is 0.286. The van der Waals surface area contributed by atoms with Gasteiger partial charge in [-0.3, -0.25) is 4.90 Å². The van der Waals surface area contributed by atoms with E-state index in [1.54, 1.807) is 28.7 Å². The van der Waals surface area contributed by atoms with Gasteiger partial charge in [-0.2, -0.15) is 4.31 Å². The van der Waals surface area contributed by atoms with Crippen LogP contribution in [0.2, 0.25) is 0 Å². The van der Waals surface area contributed by atoms with Crippen LogP contribution in [0.3, 0.4) is 0 Å². The first-order valence-corrected chi connectivity index (χ1v) is 11.7. The van der Waals surface area contributed by atoms with Crippen LogP contribution >= 0.6 is 15.9 Å². The molecule has 0 atom stereocenters. The molecule has 29 heavy (non-hydrogen) atoms.